The number of carboxylic acid groups (broad SMARTS) is 1. The standard InChI is InChI=1S/C12H14O3/c1-2-15-9-11(12(13)14)8-10-6-4-3-5-7-10/h3-8H,2,9H2,1H3,(H,13,14). The Kier molecular flexibility index (Phi) is 4.57. The zero-order valence-corrected chi connectivity index (χ0v) is 8.64. The molecule has 15 heavy (non-hydrogen) atoms. The number of rotatable bonds is 5. The van der Waals surface area contributed by atoms with E-state index in [-0.39, 0.29) is 12.2 Å². The second-order valence-electron chi connectivity index (χ2n) is 3.02. The molecule has 0 bridgehead atoms. The molecule has 0 heterocycles. The van der Waals surface area contributed by atoms with Crippen molar-refractivity contribution in [3.8, 4) is 0 Å². The molecule has 0 aliphatic carbocycles. The van der Waals surface area contributed by atoms with Crippen molar-refractivity contribution in [3.63, 3.8) is 0 Å². The molecule has 0 radical (unpaired) electrons. The molecule has 1 N–H and O–H groups in total. The Bertz CT molecular complexity index is 341. The van der Waals surface area contributed by atoms with Gasteiger partial charge in [0, 0.05) is 6.61 Å². The van der Waals surface area contributed by atoms with E-state index in [2.05, 4.69) is 0 Å². The summed E-state index contributed by atoms with van der Waals surface area (Å²) < 4.78 is 5.08. The molecule has 80 valence electrons. The van der Waals surface area contributed by atoms with Gasteiger partial charge < -0.3 is 9.84 Å². The van der Waals surface area contributed by atoms with Crippen LogP contribution >= 0.6 is 0 Å². The summed E-state index contributed by atoms with van der Waals surface area (Å²) in [5.41, 5.74) is 1.14. The Labute approximate surface area is 89.0 Å². The van der Waals surface area contributed by atoms with E-state index in [0.717, 1.165) is 5.56 Å². The zero-order valence-electron chi connectivity index (χ0n) is 8.64. The number of benzene rings is 1. The SMILES string of the molecule is CCOCC(=Cc1ccccc1)C(=O)O. The summed E-state index contributed by atoms with van der Waals surface area (Å²) in [6.45, 7) is 2.49. The van der Waals surface area contributed by atoms with Crippen LogP contribution in [0.5, 0.6) is 0 Å². The third-order valence-electron chi connectivity index (χ3n) is 1.88. The van der Waals surface area contributed by atoms with E-state index in [4.69, 9.17) is 9.84 Å². The minimum Gasteiger partial charge on any atom is -0.478 e. The molecular weight excluding hydrogens is 192 g/mol. The molecule has 0 aliphatic heterocycles. The maximum atomic E-state index is 10.9. The number of hydrogen-bond donors (Lipinski definition) is 1. The minimum atomic E-state index is -0.938. The summed E-state index contributed by atoms with van der Waals surface area (Å²) in [4.78, 5) is 10.9. The van der Waals surface area contributed by atoms with Crippen molar-refractivity contribution in [2.75, 3.05) is 13.2 Å². The zero-order chi connectivity index (χ0) is 11.1. The highest BCUT2D eigenvalue weighted by atomic mass is 16.5. The first kappa shape index (κ1) is 11.5. The first-order valence-corrected chi connectivity index (χ1v) is 4.80. The molecule has 0 saturated carbocycles. The van der Waals surface area contributed by atoms with Gasteiger partial charge in [-0.1, -0.05) is 30.3 Å². The van der Waals surface area contributed by atoms with Gasteiger partial charge in [-0.2, -0.15) is 0 Å². The lowest BCUT2D eigenvalue weighted by molar-refractivity contribution is -0.133. The van der Waals surface area contributed by atoms with Gasteiger partial charge >= 0.3 is 5.97 Å². The van der Waals surface area contributed by atoms with Crippen molar-refractivity contribution in [1.82, 2.24) is 0 Å². The highest BCUT2D eigenvalue weighted by Crippen LogP contribution is 2.07. The lowest BCUT2D eigenvalue weighted by Crippen LogP contribution is -2.07. The van der Waals surface area contributed by atoms with Gasteiger partial charge in [-0.15, -0.1) is 0 Å². The summed E-state index contributed by atoms with van der Waals surface area (Å²) in [5, 5.41) is 8.91. The quantitative estimate of drug-likeness (QED) is 0.751. The average molecular weight is 206 g/mol. The first-order valence-electron chi connectivity index (χ1n) is 4.80. The van der Waals surface area contributed by atoms with Crippen LogP contribution in [0.4, 0.5) is 0 Å². The molecule has 0 saturated heterocycles. The third kappa shape index (κ3) is 3.95. The van der Waals surface area contributed by atoms with E-state index in [1.54, 1.807) is 6.08 Å². The van der Waals surface area contributed by atoms with Crippen molar-refractivity contribution >= 4 is 12.0 Å². The second kappa shape index (κ2) is 5.98. The van der Waals surface area contributed by atoms with Gasteiger partial charge in [0.2, 0.25) is 0 Å². The molecule has 3 heteroatoms. The summed E-state index contributed by atoms with van der Waals surface area (Å²) in [5.74, 6) is -0.938. The fourth-order valence-corrected chi connectivity index (χ4v) is 1.13. The molecule has 0 unspecified atom stereocenters. The van der Waals surface area contributed by atoms with Crippen LogP contribution in [0, 0.1) is 0 Å². The van der Waals surface area contributed by atoms with Crippen molar-refractivity contribution in [2.45, 2.75) is 6.92 Å². The third-order valence-corrected chi connectivity index (χ3v) is 1.88. The van der Waals surface area contributed by atoms with E-state index in [1.807, 2.05) is 37.3 Å². The molecule has 1 aromatic rings. The van der Waals surface area contributed by atoms with Gasteiger partial charge in [0.05, 0.1) is 12.2 Å². The lowest BCUT2D eigenvalue weighted by atomic mass is 10.1. The average Bonchev–Trinajstić information content (AvgIpc) is 2.25. The number of aliphatic carboxylic acids is 1. The highest BCUT2D eigenvalue weighted by Gasteiger charge is 2.06. The number of ether oxygens (including phenoxy) is 1. The molecular formula is C12H14O3. The van der Waals surface area contributed by atoms with Gasteiger partial charge in [0.15, 0.2) is 0 Å². The second-order valence-corrected chi connectivity index (χ2v) is 3.02. The Balaban J connectivity index is 2.79. The van der Waals surface area contributed by atoms with Gasteiger partial charge in [0.1, 0.15) is 0 Å². The van der Waals surface area contributed by atoms with Crippen LogP contribution in [-0.4, -0.2) is 24.3 Å². The minimum absolute atomic E-state index is 0.140. The molecule has 0 atom stereocenters. The van der Waals surface area contributed by atoms with Crippen LogP contribution in [0.1, 0.15) is 12.5 Å². The van der Waals surface area contributed by atoms with Crippen molar-refractivity contribution in [1.29, 1.82) is 0 Å². The van der Waals surface area contributed by atoms with Gasteiger partial charge in [-0.25, -0.2) is 4.79 Å². The van der Waals surface area contributed by atoms with Crippen molar-refractivity contribution in [3.05, 3.63) is 41.5 Å². The van der Waals surface area contributed by atoms with Crippen molar-refractivity contribution < 1.29 is 14.6 Å². The van der Waals surface area contributed by atoms with E-state index >= 15 is 0 Å². The fraction of sp³-hybridized carbons (Fsp3) is 0.250. The highest BCUT2D eigenvalue weighted by molar-refractivity contribution is 5.92. The van der Waals surface area contributed by atoms with Gasteiger partial charge in [-0.3, -0.25) is 0 Å². The summed E-state index contributed by atoms with van der Waals surface area (Å²) in [6, 6.07) is 9.34. The molecule has 0 spiro atoms. The largest absolute Gasteiger partial charge is 0.478 e. The Morgan fingerprint density at radius 1 is 1.40 bits per heavy atom. The summed E-state index contributed by atoms with van der Waals surface area (Å²) >= 11 is 0. The first-order chi connectivity index (χ1) is 7.24. The smallest absolute Gasteiger partial charge is 0.333 e. The van der Waals surface area contributed by atoms with Crippen LogP contribution in [-0.2, 0) is 9.53 Å². The van der Waals surface area contributed by atoms with Crippen LogP contribution in [0.2, 0.25) is 0 Å². The van der Waals surface area contributed by atoms with Crippen LogP contribution in [0.25, 0.3) is 6.08 Å². The molecule has 3 nitrogen and oxygen atoms in total. The summed E-state index contributed by atoms with van der Waals surface area (Å²) in [6.07, 6.45) is 1.62. The number of carbonyl (C=O) groups is 1. The monoisotopic (exact) mass is 206 g/mol. The van der Waals surface area contributed by atoms with Crippen LogP contribution in [0.3, 0.4) is 0 Å². The molecule has 0 fully saturated rings. The van der Waals surface area contributed by atoms with E-state index in [1.165, 1.54) is 0 Å². The molecule has 0 amide bonds. The normalized spacial score (nSPS) is 11.4. The molecule has 1 aromatic carbocycles. The summed E-state index contributed by atoms with van der Waals surface area (Å²) in [7, 11) is 0. The van der Waals surface area contributed by atoms with E-state index in [9.17, 15) is 4.79 Å². The van der Waals surface area contributed by atoms with Gasteiger partial charge in [-0.05, 0) is 18.6 Å². The van der Waals surface area contributed by atoms with Crippen molar-refractivity contribution in [2.24, 2.45) is 0 Å². The molecule has 0 aromatic heterocycles. The molecule has 1 rings (SSSR count). The van der Waals surface area contributed by atoms with E-state index in [0.29, 0.717) is 6.61 Å². The van der Waals surface area contributed by atoms with Crippen LogP contribution in [0.15, 0.2) is 35.9 Å². The predicted molar refractivity (Wildman–Crippen MR) is 58.5 cm³/mol. The number of carboxylic acids is 1. The van der Waals surface area contributed by atoms with Crippen LogP contribution < -0.4 is 0 Å². The van der Waals surface area contributed by atoms with Gasteiger partial charge in [0.25, 0.3) is 0 Å². The maximum Gasteiger partial charge on any atom is 0.333 e. The topological polar surface area (TPSA) is 46.5 Å². The van der Waals surface area contributed by atoms with E-state index < -0.39 is 5.97 Å². The lowest BCUT2D eigenvalue weighted by Gasteiger charge is -2.02. The molecule has 0 aliphatic rings. The Morgan fingerprint density at radius 2 is 2.07 bits per heavy atom. The number of hydrogen-bond acceptors (Lipinski definition) is 2. The predicted octanol–water partition coefficient (Wildman–Crippen LogP) is 2.19. The fourth-order valence-electron chi connectivity index (χ4n) is 1.13. The Hall–Kier alpha value is -1.61. The Morgan fingerprint density at radius 3 is 2.60 bits per heavy atom. The maximum absolute atomic E-state index is 10.9.